The monoisotopic (exact) mass is 259 g/mol. The van der Waals surface area contributed by atoms with Crippen LogP contribution in [0.5, 0.6) is 11.5 Å². The van der Waals surface area contributed by atoms with Gasteiger partial charge in [0.05, 0.1) is 5.02 Å². The topological polar surface area (TPSA) is 38.7 Å². The van der Waals surface area contributed by atoms with Crippen LogP contribution in [0.4, 0.5) is 5.69 Å². The van der Waals surface area contributed by atoms with Crippen molar-refractivity contribution in [1.29, 1.82) is 0 Å². The summed E-state index contributed by atoms with van der Waals surface area (Å²) in [4.78, 5) is 13.9. The van der Waals surface area contributed by atoms with Crippen LogP contribution in [0.15, 0.2) is 47.5 Å². The maximum absolute atomic E-state index is 10.3. The first-order chi connectivity index (χ1) is 8.70. The molecular formula is C14H10ClNO2. The van der Waals surface area contributed by atoms with Gasteiger partial charge in [-0.15, -0.1) is 0 Å². The molecule has 0 fully saturated rings. The summed E-state index contributed by atoms with van der Waals surface area (Å²) in [6.45, 7) is 1.99. The zero-order valence-electron chi connectivity index (χ0n) is 9.68. The summed E-state index contributed by atoms with van der Waals surface area (Å²) in [5.41, 5.74) is 1.49. The maximum atomic E-state index is 10.3. The Balaban J connectivity index is 2.38. The molecule has 2 aromatic rings. The third-order valence-corrected chi connectivity index (χ3v) is 2.65. The normalized spacial score (nSPS) is 9.67. The molecule has 0 radical (unpaired) electrons. The smallest absolute Gasteiger partial charge is 0.240 e. The Morgan fingerprint density at radius 1 is 1.17 bits per heavy atom. The SMILES string of the molecule is Cc1ccc(Oc2c(Cl)cccc2N=C=O)cc1. The van der Waals surface area contributed by atoms with E-state index in [1.165, 1.54) is 6.08 Å². The van der Waals surface area contributed by atoms with Gasteiger partial charge in [-0.2, -0.15) is 4.99 Å². The van der Waals surface area contributed by atoms with Crippen LogP contribution in [0.3, 0.4) is 0 Å². The molecule has 0 bridgehead atoms. The molecule has 90 valence electrons. The average Bonchev–Trinajstić information content (AvgIpc) is 2.36. The van der Waals surface area contributed by atoms with E-state index < -0.39 is 0 Å². The van der Waals surface area contributed by atoms with Crippen molar-refractivity contribution in [3.63, 3.8) is 0 Å². The van der Waals surface area contributed by atoms with Gasteiger partial charge >= 0.3 is 0 Å². The fraction of sp³-hybridized carbons (Fsp3) is 0.0714. The quantitative estimate of drug-likeness (QED) is 0.605. The van der Waals surface area contributed by atoms with E-state index in [1.807, 2.05) is 31.2 Å². The molecule has 0 amide bonds. The number of para-hydroxylation sites is 1. The first kappa shape index (κ1) is 12.4. The number of aliphatic imine (C=N–C) groups is 1. The number of halogens is 1. The molecule has 0 saturated carbocycles. The standard InChI is InChI=1S/C14H10ClNO2/c1-10-5-7-11(8-6-10)18-14-12(15)3-2-4-13(14)16-9-17/h2-8H,1H3. The van der Waals surface area contributed by atoms with Crippen LogP contribution in [-0.4, -0.2) is 6.08 Å². The molecular weight excluding hydrogens is 250 g/mol. The summed E-state index contributed by atoms with van der Waals surface area (Å²) in [6.07, 6.45) is 1.48. The number of benzene rings is 2. The fourth-order valence-corrected chi connectivity index (χ4v) is 1.67. The fourth-order valence-electron chi connectivity index (χ4n) is 1.46. The van der Waals surface area contributed by atoms with Gasteiger partial charge in [-0.05, 0) is 31.2 Å². The Labute approximate surface area is 110 Å². The summed E-state index contributed by atoms with van der Waals surface area (Å²) in [6, 6.07) is 12.5. The largest absolute Gasteiger partial charge is 0.453 e. The molecule has 18 heavy (non-hydrogen) atoms. The highest BCUT2D eigenvalue weighted by Crippen LogP contribution is 2.37. The number of aryl methyl sites for hydroxylation is 1. The van der Waals surface area contributed by atoms with E-state index in [2.05, 4.69) is 4.99 Å². The Hall–Kier alpha value is -2.09. The first-order valence-corrected chi connectivity index (χ1v) is 5.69. The van der Waals surface area contributed by atoms with Gasteiger partial charge in [0, 0.05) is 0 Å². The van der Waals surface area contributed by atoms with Crippen LogP contribution in [0.2, 0.25) is 5.02 Å². The van der Waals surface area contributed by atoms with Crippen molar-refractivity contribution in [2.75, 3.05) is 0 Å². The molecule has 0 unspecified atom stereocenters. The van der Waals surface area contributed by atoms with Crippen molar-refractivity contribution in [3.05, 3.63) is 53.1 Å². The summed E-state index contributed by atoms with van der Waals surface area (Å²) in [5, 5.41) is 0.395. The number of hydrogen-bond donors (Lipinski definition) is 0. The van der Waals surface area contributed by atoms with Crippen molar-refractivity contribution >= 4 is 23.4 Å². The highest BCUT2D eigenvalue weighted by molar-refractivity contribution is 6.32. The van der Waals surface area contributed by atoms with Crippen LogP contribution in [0, 0.1) is 6.92 Å². The van der Waals surface area contributed by atoms with Crippen LogP contribution >= 0.6 is 11.6 Å². The summed E-state index contributed by atoms with van der Waals surface area (Å²) in [7, 11) is 0. The number of isocyanates is 1. The van der Waals surface area contributed by atoms with Gasteiger partial charge in [0.15, 0.2) is 5.75 Å². The van der Waals surface area contributed by atoms with Gasteiger partial charge < -0.3 is 4.74 Å². The lowest BCUT2D eigenvalue weighted by atomic mass is 10.2. The summed E-state index contributed by atoms with van der Waals surface area (Å²) >= 11 is 6.03. The molecule has 0 heterocycles. The van der Waals surface area contributed by atoms with E-state index in [0.717, 1.165) is 5.56 Å². The molecule has 0 aromatic heterocycles. The van der Waals surface area contributed by atoms with Gasteiger partial charge in [0.2, 0.25) is 6.08 Å². The molecule has 3 nitrogen and oxygen atoms in total. The van der Waals surface area contributed by atoms with Crippen molar-refractivity contribution < 1.29 is 9.53 Å². The van der Waals surface area contributed by atoms with E-state index in [9.17, 15) is 4.79 Å². The van der Waals surface area contributed by atoms with E-state index >= 15 is 0 Å². The van der Waals surface area contributed by atoms with Crippen molar-refractivity contribution in [1.82, 2.24) is 0 Å². The molecule has 0 aliphatic heterocycles. The van der Waals surface area contributed by atoms with Crippen LogP contribution in [-0.2, 0) is 4.79 Å². The third kappa shape index (κ3) is 2.77. The summed E-state index contributed by atoms with van der Waals surface area (Å²) in [5.74, 6) is 0.988. The van der Waals surface area contributed by atoms with Gasteiger partial charge in [-0.3, -0.25) is 0 Å². The van der Waals surface area contributed by atoms with Crippen LogP contribution in [0.1, 0.15) is 5.56 Å². The lowest BCUT2D eigenvalue weighted by Crippen LogP contribution is -1.86. The second kappa shape index (κ2) is 5.50. The summed E-state index contributed by atoms with van der Waals surface area (Å²) < 4.78 is 5.64. The molecule has 0 atom stereocenters. The zero-order valence-corrected chi connectivity index (χ0v) is 10.4. The Morgan fingerprint density at radius 2 is 1.89 bits per heavy atom. The minimum absolute atomic E-state index is 0.353. The van der Waals surface area contributed by atoms with Gasteiger partial charge in [-0.1, -0.05) is 35.4 Å². The number of nitrogens with zero attached hydrogens (tertiary/aromatic N) is 1. The van der Waals surface area contributed by atoms with Crippen LogP contribution < -0.4 is 4.74 Å². The minimum Gasteiger partial charge on any atom is -0.453 e. The predicted octanol–water partition coefficient (Wildman–Crippen LogP) is 4.41. The average molecular weight is 260 g/mol. The second-order valence-electron chi connectivity index (χ2n) is 3.71. The Morgan fingerprint density at radius 3 is 2.56 bits per heavy atom. The maximum Gasteiger partial charge on any atom is 0.240 e. The van der Waals surface area contributed by atoms with E-state index in [0.29, 0.717) is 22.2 Å². The van der Waals surface area contributed by atoms with E-state index in [4.69, 9.17) is 16.3 Å². The van der Waals surface area contributed by atoms with E-state index in [-0.39, 0.29) is 0 Å². The number of rotatable bonds is 3. The molecule has 4 heteroatoms. The zero-order chi connectivity index (χ0) is 13.0. The minimum atomic E-state index is 0.353. The second-order valence-corrected chi connectivity index (χ2v) is 4.11. The number of carbonyl (C=O) groups excluding carboxylic acids is 1. The highest BCUT2D eigenvalue weighted by Gasteiger charge is 2.09. The van der Waals surface area contributed by atoms with Gasteiger partial charge in [0.25, 0.3) is 0 Å². The Bertz CT molecular complexity index is 602. The molecule has 2 rings (SSSR count). The third-order valence-electron chi connectivity index (χ3n) is 2.35. The van der Waals surface area contributed by atoms with Crippen molar-refractivity contribution in [2.45, 2.75) is 6.92 Å². The number of ether oxygens (including phenoxy) is 1. The molecule has 0 spiro atoms. The van der Waals surface area contributed by atoms with E-state index in [1.54, 1.807) is 18.2 Å². The molecule has 0 aliphatic rings. The Kier molecular flexibility index (Phi) is 3.78. The molecule has 2 aromatic carbocycles. The molecule has 0 saturated heterocycles. The highest BCUT2D eigenvalue weighted by atomic mass is 35.5. The lowest BCUT2D eigenvalue weighted by Gasteiger charge is -2.09. The predicted molar refractivity (Wildman–Crippen MR) is 70.5 cm³/mol. The van der Waals surface area contributed by atoms with Gasteiger partial charge in [-0.25, -0.2) is 4.79 Å². The van der Waals surface area contributed by atoms with Gasteiger partial charge in [0.1, 0.15) is 11.4 Å². The van der Waals surface area contributed by atoms with Crippen LogP contribution in [0.25, 0.3) is 0 Å². The molecule has 0 N–H and O–H groups in total. The molecule has 0 aliphatic carbocycles. The lowest BCUT2D eigenvalue weighted by molar-refractivity contribution is 0.484. The van der Waals surface area contributed by atoms with Crippen molar-refractivity contribution in [3.8, 4) is 11.5 Å². The number of hydrogen-bond acceptors (Lipinski definition) is 3. The van der Waals surface area contributed by atoms with Crippen molar-refractivity contribution in [2.24, 2.45) is 4.99 Å². The first-order valence-electron chi connectivity index (χ1n) is 5.31.